The van der Waals surface area contributed by atoms with E-state index in [4.69, 9.17) is 4.74 Å². The third-order valence-electron chi connectivity index (χ3n) is 3.35. The maximum Gasteiger partial charge on any atom is 0.325 e. The summed E-state index contributed by atoms with van der Waals surface area (Å²) in [7, 11) is 1.58. The fourth-order valence-corrected chi connectivity index (χ4v) is 2.86. The van der Waals surface area contributed by atoms with E-state index in [0.29, 0.717) is 29.1 Å². The summed E-state index contributed by atoms with van der Waals surface area (Å²) >= 11 is 1.26. The van der Waals surface area contributed by atoms with Crippen LogP contribution in [0.5, 0.6) is 5.75 Å². The first-order valence-corrected chi connectivity index (χ1v) is 9.15. The summed E-state index contributed by atoms with van der Waals surface area (Å²) in [5, 5.41) is 8.44. The highest BCUT2D eigenvalue weighted by molar-refractivity contribution is 7.15. The molecule has 0 spiro atoms. The van der Waals surface area contributed by atoms with Crippen LogP contribution in [0.25, 0.3) is 0 Å². The van der Waals surface area contributed by atoms with E-state index >= 15 is 0 Å². The number of aryl methyl sites for hydroxylation is 1. The molecule has 0 atom stereocenters. The molecule has 3 N–H and O–H groups in total. The monoisotopic (exact) mass is 376 g/mol. The van der Waals surface area contributed by atoms with Gasteiger partial charge < -0.3 is 15.4 Å². The largest absolute Gasteiger partial charge is 0.491 e. The van der Waals surface area contributed by atoms with Gasteiger partial charge in [-0.25, -0.2) is 9.78 Å². The van der Waals surface area contributed by atoms with Crippen LogP contribution in [0.3, 0.4) is 0 Å². The molecular weight excluding hydrogens is 352 g/mol. The Morgan fingerprint density at radius 3 is 2.73 bits per heavy atom. The molecule has 0 radical (unpaired) electrons. The average Bonchev–Trinajstić information content (AvgIpc) is 3.01. The van der Waals surface area contributed by atoms with Crippen LogP contribution in [-0.2, 0) is 11.2 Å². The number of carbonyl (C=O) groups is 2. The van der Waals surface area contributed by atoms with Gasteiger partial charge in [0.25, 0.3) is 0 Å². The van der Waals surface area contributed by atoms with Crippen LogP contribution in [0, 0.1) is 12.8 Å². The highest BCUT2D eigenvalue weighted by Crippen LogP contribution is 2.27. The van der Waals surface area contributed by atoms with E-state index in [1.54, 1.807) is 13.2 Å². The number of aromatic nitrogens is 1. The van der Waals surface area contributed by atoms with Crippen LogP contribution in [0.1, 0.15) is 24.3 Å². The van der Waals surface area contributed by atoms with E-state index in [0.717, 1.165) is 10.4 Å². The van der Waals surface area contributed by atoms with Gasteiger partial charge >= 0.3 is 6.03 Å². The molecule has 26 heavy (non-hydrogen) atoms. The Labute approximate surface area is 157 Å². The lowest BCUT2D eigenvalue weighted by Crippen LogP contribution is -2.20. The van der Waals surface area contributed by atoms with Gasteiger partial charge in [0.2, 0.25) is 5.91 Å². The van der Waals surface area contributed by atoms with Gasteiger partial charge in [-0.2, -0.15) is 0 Å². The highest BCUT2D eigenvalue weighted by Gasteiger charge is 2.12. The van der Waals surface area contributed by atoms with Crippen molar-refractivity contribution in [2.45, 2.75) is 27.2 Å². The summed E-state index contributed by atoms with van der Waals surface area (Å²) < 4.78 is 5.79. The molecule has 1 aromatic heterocycles. The molecule has 0 aliphatic carbocycles. The molecule has 1 heterocycles. The van der Waals surface area contributed by atoms with Crippen molar-refractivity contribution < 1.29 is 14.3 Å². The zero-order valence-electron chi connectivity index (χ0n) is 15.4. The molecular formula is C18H24N4O3S. The summed E-state index contributed by atoms with van der Waals surface area (Å²) in [4.78, 5) is 28.5. The molecule has 2 aromatic rings. The Balaban J connectivity index is 2.00. The topological polar surface area (TPSA) is 92.4 Å². The van der Waals surface area contributed by atoms with Gasteiger partial charge in [0.05, 0.1) is 18.7 Å². The molecule has 0 bridgehead atoms. The van der Waals surface area contributed by atoms with Crippen molar-refractivity contribution in [2.75, 3.05) is 24.3 Å². The van der Waals surface area contributed by atoms with Crippen LogP contribution >= 0.6 is 11.3 Å². The van der Waals surface area contributed by atoms with Gasteiger partial charge in [-0.05, 0) is 30.5 Å². The maximum atomic E-state index is 12.3. The number of thiazole rings is 1. The van der Waals surface area contributed by atoms with Crippen molar-refractivity contribution >= 4 is 34.1 Å². The molecule has 0 saturated carbocycles. The minimum absolute atomic E-state index is 0.101. The van der Waals surface area contributed by atoms with E-state index in [9.17, 15) is 9.59 Å². The second-order valence-electron chi connectivity index (χ2n) is 6.27. The number of amides is 3. The molecule has 3 amide bonds. The quantitative estimate of drug-likeness (QED) is 0.690. The van der Waals surface area contributed by atoms with Crippen LogP contribution in [0.2, 0.25) is 0 Å². The van der Waals surface area contributed by atoms with Crippen LogP contribution in [0.15, 0.2) is 24.4 Å². The predicted octanol–water partition coefficient (Wildman–Crippen LogP) is 3.42. The fourth-order valence-electron chi connectivity index (χ4n) is 2.05. The first-order valence-electron chi connectivity index (χ1n) is 8.34. The number of nitrogens with one attached hydrogen (secondary N) is 3. The lowest BCUT2D eigenvalue weighted by molar-refractivity contribution is -0.119. The van der Waals surface area contributed by atoms with Gasteiger partial charge in [-0.1, -0.05) is 19.9 Å². The van der Waals surface area contributed by atoms with Gasteiger partial charge in [0, 0.05) is 18.1 Å². The summed E-state index contributed by atoms with van der Waals surface area (Å²) in [6.07, 6.45) is 1.82. The molecule has 0 aliphatic heterocycles. The lowest BCUT2D eigenvalue weighted by atomic mass is 10.2. The molecule has 140 valence electrons. The van der Waals surface area contributed by atoms with Crippen molar-refractivity contribution in [1.82, 2.24) is 10.3 Å². The van der Waals surface area contributed by atoms with E-state index in [2.05, 4.69) is 34.8 Å². The van der Waals surface area contributed by atoms with Crippen molar-refractivity contribution in [3.05, 3.63) is 34.8 Å². The number of likely N-dealkylation sites (N-methyl/N-ethyl adjacent to an activating group) is 1. The minimum Gasteiger partial charge on any atom is -0.491 e. The molecule has 0 unspecified atom stereocenters. The van der Waals surface area contributed by atoms with E-state index in [-0.39, 0.29) is 12.3 Å². The van der Waals surface area contributed by atoms with Gasteiger partial charge in [-0.15, -0.1) is 11.3 Å². The van der Waals surface area contributed by atoms with Crippen LogP contribution in [-0.4, -0.2) is 30.6 Å². The number of hydrogen-bond acceptors (Lipinski definition) is 5. The highest BCUT2D eigenvalue weighted by atomic mass is 32.1. The van der Waals surface area contributed by atoms with Gasteiger partial charge in [0.15, 0.2) is 5.13 Å². The normalized spacial score (nSPS) is 10.5. The second kappa shape index (κ2) is 9.19. The summed E-state index contributed by atoms with van der Waals surface area (Å²) in [6, 6.07) is 5.19. The Hall–Kier alpha value is -2.61. The number of benzene rings is 1. The first-order chi connectivity index (χ1) is 12.4. The van der Waals surface area contributed by atoms with E-state index in [1.807, 2.05) is 25.1 Å². The zero-order valence-corrected chi connectivity index (χ0v) is 16.2. The Bertz CT molecular complexity index is 774. The first kappa shape index (κ1) is 19.7. The molecule has 7 nitrogen and oxygen atoms in total. The Morgan fingerprint density at radius 2 is 2.04 bits per heavy atom. The number of nitrogens with zero attached hydrogens (tertiary/aromatic N) is 1. The number of rotatable bonds is 7. The standard InChI is InChI=1S/C18H24N4O3S/c1-11(2)10-25-15-7-12(3)5-6-14(15)21-17(24)22-18-20-9-13(26-18)8-16(23)19-4/h5-7,9,11H,8,10H2,1-4H3,(H,19,23)(H2,20,21,22,24). The number of hydrogen-bond donors (Lipinski definition) is 3. The van der Waals surface area contributed by atoms with Crippen molar-refractivity contribution in [1.29, 1.82) is 0 Å². The van der Waals surface area contributed by atoms with Crippen molar-refractivity contribution in [3.63, 3.8) is 0 Å². The SMILES string of the molecule is CNC(=O)Cc1cnc(NC(=O)Nc2ccc(C)cc2OCC(C)C)s1. The maximum absolute atomic E-state index is 12.3. The molecule has 2 rings (SSSR count). The molecule has 0 saturated heterocycles. The predicted molar refractivity (Wildman–Crippen MR) is 104 cm³/mol. The smallest absolute Gasteiger partial charge is 0.325 e. The Morgan fingerprint density at radius 1 is 1.27 bits per heavy atom. The second-order valence-corrected chi connectivity index (χ2v) is 7.38. The number of urea groups is 1. The molecule has 0 fully saturated rings. The van der Waals surface area contributed by atoms with E-state index < -0.39 is 6.03 Å². The minimum atomic E-state index is -0.413. The van der Waals surface area contributed by atoms with Gasteiger partial charge in [-0.3, -0.25) is 10.1 Å². The third kappa shape index (κ3) is 6.03. The third-order valence-corrected chi connectivity index (χ3v) is 4.26. The van der Waals surface area contributed by atoms with Crippen LogP contribution < -0.4 is 20.7 Å². The van der Waals surface area contributed by atoms with Gasteiger partial charge in [0.1, 0.15) is 5.75 Å². The summed E-state index contributed by atoms with van der Waals surface area (Å²) in [5.74, 6) is 0.913. The van der Waals surface area contributed by atoms with Crippen LogP contribution in [0.4, 0.5) is 15.6 Å². The average molecular weight is 376 g/mol. The Kier molecular flexibility index (Phi) is 6.97. The molecule has 1 aromatic carbocycles. The van der Waals surface area contributed by atoms with Crippen molar-refractivity contribution in [3.8, 4) is 5.75 Å². The summed E-state index contributed by atoms with van der Waals surface area (Å²) in [6.45, 7) is 6.66. The summed E-state index contributed by atoms with van der Waals surface area (Å²) in [5.41, 5.74) is 1.64. The number of ether oxygens (including phenoxy) is 1. The number of carbonyl (C=O) groups excluding carboxylic acids is 2. The lowest BCUT2D eigenvalue weighted by Gasteiger charge is -2.14. The van der Waals surface area contributed by atoms with Crippen molar-refractivity contribution in [2.24, 2.45) is 5.92 Å². The number of anilines is 2. The molecule has 0 aliphatic rings. The fraction of sp³-hybridized carbons (Fsp3) is 0.389. The molecule has 8 heteroatoms. The zero-order chi connectivity index (χ0) is 19.1. The van der Waals surface area contributed by atoms with E-state index in [1.165, 1.54) is 11.3 Å².